The molecule has 174 valence electrons. The van der Waals surface area contributed by atoms with Crippen molar-refractivity contribution >= 4 is 50.8 Å². The van der Waals surface area contributed by atoms with Gasteiger partial charge < -0.3 is 4.74 Å². The first-order chi connectivity index (χ1) is 16.8. The lowest BCUT2D eigenvalue weighted by Crippen LogP contribution is -2.20. The lowest BCUT2D eigenvalue weighted by Gasteiger charge is -2.08. The Kier molecular flexibility index (Phi) is 6.93. The highest BCUT2D eigenvalue weighted by molar-refractivity contribution is 9.10. The summed E-state index contributed by atoms with van der Waals surface area (Å²) in [5.74, 6) is -0.0716. The molecule has 0 saturated carbocycles. The first-order valence-corrected chi connectivity index (χ1v) is 11.1. The molecule has 0 N–H and O–H groups in total. The Hall–Kier alpha value is -4.44. The second kappa shape index (κ2) is 10.2. The Labute approximate surface area is 207 Å². The quantitative estimate of drug-likeness (QED) is 0.0872. The molecule has 4 rings (SSSR count). The van der Waals surface area contributed by atoms with Crippen molar-refractivity contribution in [2.45, 2.75) is 6.92 Å². The van der Waals surface area contributed by atoms with Gasteiger partial charge in [-0.15, -0.1) is 0 Å². The van der Waals surface area contributed by atoms with Gasteiger partial charge >= 0.3 is 5.97 Å². The number of nitro groups is 1. The molecule has 10 heteroatoms. The molecule has 1 aromatic heterocycles. The van der Waals surface area contributed by atoms with Crippen molar-refractivity contribution in [2.24, 2.45) is 5.10 Å². The molecule has 35 heavy (non-hydrogen) atoms. The first-order valence-electron chi connectivity index (χ1n) is 10.3. The molecule has 0 amide bonds. The van der Waals surface area contributed by atoms with Crippen molar-refractivity contribution in [3.05, 3.63) is 115 Å². The third-order valence-electron chi connectivity index (χ3n) is 4.90. The number of hydrogen-bond acceptors (Lipinski definition) is 7. The topological polar surface area (TPSA) is 117 Å². The zero-order valence-corrected chi connectivity index (χ0v) is 19.9. The maximum Gasteiger partial charge on any atom is 0.336 e. The molecule has 1 heterocycles. The largest absolute Gasteiger partial charge is 0.423 e. The average molecular weight is 533 g/mol. The molecule has 0 atom stereocenters. The van der Waals surface area contributed by atoms with Gasteiger partial charge in [-0.25, -0.2) is 9.78 Å². The van der Waals surface area contributed by atoms with E-state index in [-0.39, 0.29) is 17.0 Å². The minimum Gasteiger partial charge on any atom is -0.423 e. The summed E-state index contributed by atoms with van der Waals surface area (Å²) in [5, 5.41) is 15.6. The molecule has 0 saturated heterocycles. The summed E-state index contributed by atoms with van der Waals surface area (Å²) in [6.45, 7) is 1.67. The van der Waals surface area contributed by atoms with Gasteiger partial charge in [-0.2, -0.15) is 9.78 Å². The standard InChI is InChI=1S/C25H17BrN4O5/c1-16-28-22-8-3-2-7-21(22)25(32)29(16)27-15-18-14-19(26)10-11-23(18)35-24(31)12-9-17-5-4-6-20(13-17)30(33)34/h2-15H,1H3/b12-9+,27-15?. The van der Waals surface area contributed by atoms with Crippen LogP contribution in [0.25, 0.3) is 17.0 Å². The highest BCUT2D eigenvalue weighted by atomic mass is 79.9. The number of fused-ring (bicyclic) bond motifs is 1. The molecule has 0 fully saturated rings. The highest BCUT2D eigenvalue weighted by Gasteiger charge is 2.10. The van der Waals surface area contributed by atoms with Gasteiger partial charge in [0.05, 0.1) is 22.0 Å². The van der Waals surface area contributed by atoms with Crippen molar-refractivity contribution < 1.29 is 14.5 Å². The van der Waals surface area contributed by atoms with E-state index in [1.165, 1.54) is 41.2 Å². The van der Waals surface area contributed by atoms with E-state index in [2.05, 4.69) is 26.0 Å². The number of nitro benzene ring substituents is 1. The molecule has 3 aromatic carbocycles. The number of aromatic nitrogens is 2. The van der Waals surface area contributed by atoms with Crippen molar-refractivity contribution in [3.63, 3.8) is 0 Å². The maximum atomic E-state index is 12.8. The molecule has 0 aliphatic heterocycles. The Morgan fingerprint density at radius 1 is 1.14 bits per heavy atom. The average Bonchev–Trinajstić information content (AvgIpc) is 2.84. The van der Waals surface area contributed by atoms with Gasteiger partial charge in [-0.05, 0) is 48.9 Å². The molecular formula is C25H17BrN4O5. The number of para-hydroxylation sites is 1. The Bertz CT molecular complexity index is 1580. The number of hydrogen-bond donors (Lipinski definition) is 0. The van der Waals surface area contributed by atoms with Crippen LogP contribution in [-0.4, -0.2) is 26.8 Å². The van der Waals surface area contributed by atoms with Gasteiger partial charge in [0.25, 0.3) is 11.2 Å². The third-order valence-corrected chi connectivity index (χ3v) is 5.40. The number of benzene rings is 3. The number of ether oxygens (including phenoxy) is 1. The molecule has 4 aromatic rings. The van der Waals surface area contributed by atoms with E-state index in [9.17, 15) is 19.7 Å². The van der Waals surface area contributed by atoms with Crippen LogP contribution in [-0.2, 0) is 4.79 Å². The molecule has 0 spiro atoms. The number of aryl methyl sites for hydroxylation is 1. The fourth-order valence-corrected chi connectivity index (χ4v) is 3.63. The maximum absolute atomic E-state index is 12.8. The lowest BCUT2D eigenvalue weighted by molar-refractivity contribution is -0.384. The Morgan fingerprint density at radius 2 is 1.94 bits per heavy atom. The summed E-state index contributed by atoms with van der Waals surface area (Å²) in [4.78, 5) is 40.1. The van der Waals surface area contributed by atoms with Crippen molar-refractivity contribution in [2.75, 3.05) is 0 Å². The second-order valence-electron chi connectivity index (χ2n) is 7.33. The van der Waals surface area contributed by atoms with E-state index in [1.54, 1.807) is 55.5 Å². The number of rotatable bonds is 6. The predicted molar refractivity (Wildman–Crippen MR) is 136 cm³/mol. The normalized spacial score (nSPS) is 11.4. The summed E-state index contributed by atoms with van der Waals surface area (Å²) < 4.78 is 7.34. The second-order valence-corrected chi connectivity index (χ2v) is 8.24. The summed E-state index contributed by atoms with van der Waals surface area (Å²) in [6, 6.07) is 17.8. The zero-order valence-electron chi connectivity index (χ0n) is 18.3. The minimum absolute atomic E-state index is 0.0827. The van der Waals surface area contributed by atoms with E-state index in [1.807, 2.05) is 0 Å². The van der Waals surface area contributed by atoms with Crippen LogP contribution < -0.4 is 10.3 Å². The fourth-order valence-electron chi connectivity index (χ4n) is 3.25. The van der Waals surface area contributed by atoms with E-state index >= 15 is 0 Å². The van der Waals surface area contributed by atoms with Crippen LogP contribution in [0.4, 0.5) is 5.69 Å². The number of carbonyl (C=O) groups is 1. The third kappa shape index (κ3) is 5.56. The molecule has 0 aliphatic carbocycles. The molecule has 0 radical (unpaired) electrons. The van der Waals surface area contributed by atoms with E-state index in [0.717, 1.165) is 0 Å². The number of esters is 1. The van der Waals surface area contributed by atoms with Crippen LogP contribution in [0.1, 0.15) is 17.0 Å². The molecule has 9 nitrogen and oxygen atoms in total. The molecular weight excluding hydrogens is 516 g/mol. The molecule has 0 aliphatic rings. The monoisotopic (exact) mass is 532 g/mol. The van der Waals surface area contributed by atoms with Crippen LogP contribution in [0.3, 0.4) is 0 Å². The van der Waals surface area contributed by atoms with Gasteiger partial charge in [0.15, 0.2) is 0 Å². The number of carbonyl (C=O) groups excluding carboxylic acids is 1. The molecule has 0 bridgehead atoms. The smallest absolute Gasteiger partial charge is 0.336 e. The molecule has 0 unspecified atom stereocenters. The number of halogens is 1. The highest BCUT2D eigenvalue weighted by Crippen LogP contribution is 2.22. The van der Waals surface area contributed by atoms with E-state index in [0.29, 0.717) is 32.3 Å². The van der Waals surface area contributed by atoms with Gasteiger partial charge in [-0.3, -0.25) is 14.9 Å². The number of nitrogens with zero attached hydrogens (tertiary/aromatic N) is 4. The van der Waals surface area contributed by atoms with Crippen LogP contribution in [0.2, 0.25) is 0 Å². The van der Waals surface area contributed by atoms with Crippen LogP contribution >= 0.6 is 15.9 Å². The summed E-state index contributed by atoms with van der Waals surface area (Å²) in [7, 11) is 0. The minimum atomic E-state index is -0.686. The van der Waals surface area contributed by atoms with Crippen molar-refractivity contribution in [1.82, 2.24) is 9.66 Å². The van der Waals surface area contributed by atoms with E-state index in [4.69, 9.17) is 4.74 Å². The van der Waals surface area contributed by atoms with Gasteiger partial charge in [0.1, 0.15) is 11.6 Å². The Morgan fingerprint density at radius 3 is 2.74 bits per heavy atom. The predicted octanol–water partition coefficient (Wildman–Crippen LogP) is 4.88. The Balaban J connectivity index is 1.59. The van der Waals surface area contributed by atoms with Gasteiger partial charge in [0, 0.05) is 28.2 Å². The van der Waals surface area contributed by atoms with Gasteiger partial charge in [0.2, 0.25) is 0 Å². The lowest BCUT2D eigenvalue weighted by atomic mass is 10.2. The van der Waals surface area contributed by atoms with Crippen LogP contribution in [0.5, 0.6) is 5.75 Å². The summed E-state index contributed by atoms with van der Waals surface area (Å²) >= 11 is 3.38. The van der Waals surface area contributed by atoms with E-state index < -0.39 is 10.9 Å². The summed E-state index contributed by atoms with van der Waals surface area (Å²) in [5.41, 5.74) is 1.09. The first kappa shape index (κ1) is 23.7. The fraction of sp³-hybridized carbons (Fsp3) is 0.0400. The summed E-state index contributed by atoms with van der Waals surface area (Å²) in [6.07, 6.45) is 4.00. The van der Waals surface area contributed by atoms with Gasteiger partial charge in [-0.1, -0.05) is 40.2 Å². The van der Waals surface area contributed by atoms with Crippen molar-refractivity contribution in [1.29, 1.82) is 0 Å². The zero-order chi connectivity index (χ0) is 24.9. The van der Waals surface area contributed by atoms with Crippen LogP contribution in [0, 0.1) is 17.0 Å². The van der Waals surface area contributed by atoms with Crippen molar-refractivity contribution in [3.8, 4) is 5.75 Å². The number of non-ortho nitro benzene ring substituents is 1. The SMILES string of the molecule is Cc1nc2ccccc2c(=O)n1N=Cc1cc(Br)ccc1OC(=O)/C=C/c1cccc([N+](=O)[O-])c1. The van der Waals surface area contributed by atoms with Crippen LogP contribution in [0.15, 0.2) is 87.2 Å².